The Hall–Kier alpha value is -1.58. The van der Waals surface area contributed by atoms with E-state index >= 15 is 0 Å². The van der Waals surface area contributed by atoms with Gasteiger partial charge in [0.05, 0.1) is 11.3 Å². The number of carboxylic acid groups (broad SMARTS) is 1. The van der Waals surface area contributed by atoms with Crippen molar-refractivity contribution in [1.82, 2.24) is 0 Å². The van der Waals surface area contributed by atoms with Gasteiger partial charge in [-0.2, -0.15) is 0 Å². The molecule has 0 spiro atoms. The van der Waals surface area contributed by atoms with Gasteiger partial charge in [0.25, 0.3) is 0 Å². The lowest BCUT2D eigenvalue weighted by molar-refractivity contribution is 0.0697. The third kappa shape index (κ3) is 2.63. The molecule has 18 heavy (non-hydrogen) atoms. The molecule has 1 saturated heterocycles. The number of carboxylic acids is 1. The van der Waals surface area contributed by atoms with E-state index in [0.29, 0.717) is 5.69 Å². The minimum Gasteiger partial charge on any atom is -0.478 e. The lowest BCUT2D eigenvalue weighted by atomic mass is 9.94. The lowest BCUT2D eigenvalue weighted by Gasteiger charge is -2.34. The van der Waals surface area contributed by atoms with Crippen LogP contribution in [0.4, 0.5) is 10.1 Å². The van der Waals surface area contributed by atoms with E-state index < -0.39 is 11.8 Å². The maximum atomic E-state index is 13.1. The van der Waals surface area contributed by atoms with Gasteiger partial charge in [-0.15, -0.1) is 0 Å². The first kappa shape index (κ1) is 12.9. The molecule has 0 aliphatic carbocycles. The van der Waals surface area contributed by atoms with Crippen molar-refractivity contribution >= 4 is 11.7 Å². The number of anilines is 1. The Morgan fingerprint density at radius 1 is 1.44 bits per heavy atom. The Labute approximate surface area is 106 Å². The molecule has 0 amide bonds. The fourth-order valence-corrected chi connectivity index (χ4v) is 2.54. The average molecular weight is 251 g/mol. The Morgan fingerprint density at radius 3 is 2.67 bits per heavy atom. The zero-order valence-corrected chi connectivity index (χ0v) is 10.5. The highest BCUT2D eigenvalue weighted by Gasteiger charge is 2.22. The largest absolute Gasteiger partial charge is 0.478 e. The molecule has 0 unspecified atom stereocenters. The highest BCUT2D eigenvalue weighted by Crippen LogP contribution is 2.28. The number of aromatic carboxylic acids is 1. The number of rotatable bonds is 3. The van der Waals surface area contributed by atoms with Crippen LogP contribution in [0.25, 0.3) is 0 Å². The first-order valence-corrected chi connectivity index (χ1v) is 6.39. The van der Waals surface area contributed by atoms with Crippen LogP contribution in [-0.2, 0) is 0 Å². The minimum atomic E-state index is -1.07. The van der Waals surface area contributed by atoms with Gasteiger partial charge in [-0.3, -0.25) is 0 Å². The molecule has 0 bridgehead atoms. The maximum absolute atomic E-state index is 13.1. The molecule has 1 N–H and O–H groups in total. The van der Waals surface area contributed by atoms with Crippen molar-refractivity contribution in [3.63, 3.8) is 0 Å². The summed E-state index contributed by atoms with van der Waals surface area (Å²) in [7, 11) is 0. The molecule has 1 aromatic rings. The summed E-state index contributed by atoms with van der Waals surface area (Å²) in [4.78, 5) is 13.2. The predicted molar refractivity (Wildman–Crippen MR) is 68.6 cm³/mol. The molecule has 4 heteroatoms. The second-order valence-electron chi connectivity index (χ2n) is 4.81. The molecule has 1 aromatic carbocycles. The summed E-state index contributed by atoms with van der Waals surface area (Å²) < 4.78 is 13.1. The number of halogens is 1. The number of carbonyl (C=O) groups is 1. The lowest BCUT2D eigenvalue weighted by Crippen LogP contribution is -2.34. The fourth-order valence-electron chi connectivity index (χ4n) is 2.54. The van der Waals surface area contributed by atoms with Crippen molar-refractivity contribution in [2.45, 2.75) is 26.2 Å². The third-order valence-corrected chi connectivity index (χ3v) is 3.72. The predicted octanol–water partition coefficient (Wildman–Crippen LogP) is 3.15. The molecule has 98 valence electrons. The van der Waals surface area contributed by atoms with Gasteiger partial charge >= 0.3 is 5.97 Å². The average Bonchev–Trinajstić information content (AvgIpc) is 2.39. The van der Waals surface area contributed by atoms with Crippen LogP contribution in [0.5, 0.6) is 0 Å². The molecule has 2 rings (SSSR count). The smallest absolute Gasteiger partial charge is 0.337 e. The van der Waals surface area contributed by atoms with E-state index in [1.54, 1.807) is 6.07 Å². The molecule has 0 atom stereocenters. The SMILES string of the molecule is CCC1CCN(c2ccc(F)cc2C(=O)O)CC1. The summed E-state index contributed by atoms with van der Waals surface area (Å²) in [5.41, 5.74) is 0.698. The first-order chi connectivity index (χ1) is 8.61. The second kappa shape index (κ2) is 5.38. The molecule has 0 saturated carbocycles. The number of hydrogen-bond donors (Lipinski definition) is 1. The Kier molecular flexibility index (Phi) is 3.84. The summed E-state index contributed by atoms with van der Waals surface area (Å²) in [5.74, 6) is -0.836. The molecule has 0 radical (unpaired) electrons. The molecule has 0 aromatic heterocycles. The Morgan fingerprint density at radius 2 is 2.11 bits per heavy atom. The van der Waals surface area contributed by atoms with Gasteiger partial charge in [0.2, 0.25) is 0 Å². The minimum absolute atomic E-state index is 0.0601. The van der Waals surface area contributed by atoms with Crippen molar-refractivity contribution in [1.29, 1.82) is 0 Å². The summed E-state index contributed by atoms with van der Waals surface area (Å²) >= 11 is 0. The highest BCUT2D eigenvalue weighted by atomic mass is 19.1. The maximum Gasteiger partial charge on any atom is 0.337 e. The molecule has 1 fully saturated rings. The van der Waals surface area contributed by atoms with E-state index in [2.05, 4.69) is 11.8 Å². The van der Waals surface area contributed by atoms with Gasteiger partial charge in [-0.05, 0) is 37.0 Å². The van der Waals surface area contributed by atoms with Gasteiger partial charge in [0.15, 0.2) is 0 Å². The van der Waals surface area contributed by atoms with Crippen molar-refractivity contribution in [3.05, 3.63) is 29.6 Å². The summed E-state index contributed by atoms with van der Waals surface area (Å²) in [6, 6.07) is 4.00. The van der Waals surface area contributed by atoms with Crippen LogP contribution in [-0.4, -0.2) is 24.2 Å². The molecule has 1 aliphatic heterocycles. The van der Waals surface area contributed by atoms with Crippen LogP contribution in [0.2, 0.25) is 0 Å². The fraction of sp³-hybridized carbons (Fsp3) is 0.500. The second-order valence-corrected chi connectivity index (χ2v) is 4.81. The summed E-state index contributed by atoms with van der Waals surface area (Å²) in [6.45, 7) is 3.88. The molecular weight excluding hydrogens is 233 g/mol. The van der Waals surface area contributed by atoms with Crippen molar-refractivity contribution < 1.29 is 14.3 Å². The molecule has 1 heterocycles. The number of hydrogen-bond acceptors (Lipinski definition) is 2. The van der Waals surface area contributed by atoms with Crippen LogP contribution in [0.3, 0.4) is 0 Å². The number of benzene rings is 1. The van der Waals surface area contributed by atoms with Crippen LogP contribution in [0.1, 0.15) is 36.5 Å². The number of piperidine rings is 1. The quantitative estimate of drug-likeness (QED) is 0.897. The first-order valence-electron chi connectivity index (χ1n) is 6.39. The van der Waals surface area contributed by atoms with Gasteiger partial charge in [-0.25, -0.2) is 9.18 Å². The van der Waals surface area contributed by atoms with Crippen molar-refractivity contribution in [2.75, 3.05) is 18.0 Å². The topological polar surface area (TPSA) is 40.5 Å². The zero-order chi connectivity index (χ0) is 13.1. The Balaban J connectivity index is 2.21. The van der Waals surface area contributed by atoms with Crippen LogP contribution in [0.15, 0.2) is 18.2 Å². The van der Waals surface area contributed by atoms with Crippen LogP contribution < -0.4 is 4.90 Å². The monoisotopic (exact) mass is 251 g/mol. The number of nitrogens with zero attached hydrogens (tertiary/aromatic N) is 1. The van der Waals surface area contributed by atoms with Gasteiger partial charge in [0.1, 0.15) is 5.82 Å². The van der Waals surface area contributed by atoms with E-state index in [-0.39, 0.29) is 5.56 Å². The zero-order valence-electron chi connectivity index (χ0n) is 10.5. The molecule has 3 nitrogen and oxygen atoms in total. The summed E-state index contributed by atoms with van der Waals surface area (Å²) in [5, 5.41) is 9.13. The van der Waals surface area contributed by atoms with Crippen molar-refractivity contribution in [3.8, 4) is 0 Å². The van der Waals surface area contributed by atoms with E-state index in [4.69, 9.17) is 5.11 Å². The highest BCUT2D eigenvalue weighted by molar-refractivity contribution is 5.94. The van der Waals surface area contributed by atoms with Crippen LogP contribution >= 0.6 is 0 Å². The van der Waals surface area contributed by atoms with Crippen molar-refractivity contribution in [2.24, 2.45) is 5.92 Å². The van der Waals surface area contributed by atoms with E-state index in [9.17, 15) is 9.18 Å². The van der Waals surface area contributed by atoms with Gasteiger partial charge in [-0.1, -0.05) is 13.3 Å². The van der Waals surface area contributed by atoms with Gasteiger partial charge in [0, 0.05) is 13.1 Å². The third-order valence-electron chi connectivity index (χ3n) is 3.72. The van der Waals surface area contributed by atoms with E-state index in [1.165, 1.54) is 12.5 Å². The normalized spacial score (nSPS) is 16.9. The Bertz CT molecular complexity index is 439. The molecule has 1 aliphatic rings. The molecular formula is C14H18FNO2. The van der Waals surface area contributed by atoms with Crippen LogP contribution in [0, 0.1) is 11.7 Å². The standard InChI is InChI=1S/C14H18FNO2/c1-2-10-5-7-16(8-6-10)13-4-3-11(15)9-12(13)14(17)18/h3-4,9-10H,2,5-8H2,1H3,(H,17,18). The van der Waals surface area contributed by atoms with Gasteiger partial charge < -0.3 is 10.0 Å². The van der Waals surface area contributed by atoms with E-state index in [0.717, 1.165) is 37.9 Å². The van der Waals surface area contributed by atoms with E-state index in [1.807, 2.05) is 0 Å². The summed E-state index contributed by atoms with van der Waals surface area (Å²) in [6.07, 6.45) is 3.32.